The van der Waals surface area contributed by atoms with E-state index in [0.29, 0.717) is 6.04 Å². The molecule has 2 heterocycles. The lowest BCUT2D eigenvalue weighted by atomic mass is 9.93. The third-order valence-corrected chi connectivity index (χ3v) is 4.26. The average molecular weight is 215 g/mol. The van der Waals surface area contributed by atoms with Gasteiger partial charge in [0, 0.05) is 24.4 Å². The first-order valence-corrected chi connectivity index (χ1v) is 6.79. The summed E-state index contributed by atoms with van der Waals surface area (Å²) in [4.78, 5) is 0. The van der Waals surface area contributed by atoms with E-state index < -0.39 is 0 Å². The van der Waals surface area contributed by atoms with E-state index in [-0.39, 0.29) is 5.60 Å². The van der Waals surface area contributed by atoms with Gasteiger partial charge in [0.15, 0.2) is 0 Å². The molecule has 2 aliphatic rings. The summed E-state index contributed by atoms with van der Waals surface area (Å²) >= 11 is 2.08. The van der Waals surface area contributed by atoms with Crippen molar-refractivity contribution >= 4 is 11.8 Å². The van der Waals surface area contributed by atoms with Crippen LogP contribution < -0.4 is 5.32 Å². The molecule has 2 saturated heterocycles. The van der Waals surface area contributed by atoms with Gasteiger partial charge >= 0.3 is 0 Å². The molecule has 82 valence electrons. The molecule has 2 rings (SSSR count). The first kappa shape index (κ1) is 10.8. The second kappa shape index (κ2) is 4.42. The molecule has 0 aromatic rings. The molecule has 0 saturated carbocycles. The molecule has 2 unspecified atom stereocenters. The summed E-state index contributed by atoms with van der Waals surface area (Å²) in [6.07, 6.45) is 3.70. The summed E-state index contributed by atoms with van der Waals surface area (Å²) in [5.74, 6) is 2.64. The molecule has 1 N–H and O–H groups in total. The molecule has 2 atom stereocenters. The van der Waals surface area contributed by atoms with Gasteiger partial charge in [-0.1, -0.05) is 0 Å². The van der Waals surface area contributed by atoms with E-state index in [2.05, 4.69) is 30.9 Å². The normalized spacial score (nSPS) is 37.3. The lowest BCUT2D eigenvalue weighted by Gasteiger charge is -2.37. The molecule has 14 heavy (non-hydrogen) atoms. The first-order chi connectivity index (χ1) is 6.66. The molecule has 0 aliphatic carbocycles. The lowest BCUT2D eigenvalue weighted by Crippen LogP contribution is -2.47. The van der Waals surface area contributed by atoms with Gasteiger partial charge in [-0.15, -0.1) is 0 Å². The maximum Gasteiger partial charge on any atom is 0.0641 e. The van der Waals surface area contributed by atoms with Crippen molar-refractivity contribution in [1.82, 2.24) is 5.32 Å². The van der Waals surface area contributed by atoms with Crippen LogP contribution >= 0.6 is 11.8 Å². The fourth-order valence-electron chi connectivity index (χ4n) is 2.37. The summed E-state index contributed by atoms with van der Waals surface area (Å²) in [7, 11) is 0. The van der Waals surface area contributed by atoms with E-state index in [9.17, 15) is 0 Å². The van der Waals surface area contributed by atoms with Crippen LogP contribution in [0.5, 0.6) is 0 Å². The van der Waals surface area contributed by atoms with E-state index in [1.807, 2.05) is 0 Å². The zero-order chi connectivity index (χ0) is 10.0. The SMILES string of the molecule is CC1(C)CC(NC2CCSC2)CCO1. The van der Waals surface area contributed by atoms with Crippen LogP contribution in [-0.4, -0.2) is 35.8 Å². The Morgan fingerprint density at radius 2 is 2.14 bits per heavy atom. The molecule has 2 fully saturated rings. The van der Waals surface area contributed by atoms with Gasteiger partial charge in [0.2, 0.25) is 0 Å². The van der Waals surface area contributed by atoms with Crippen molar-refractivity contribution in [2.24, 2.45) is 0 Å². The summed E-state index contributed by atoms with van der Waals surface area (Å²) in [5.41, 5.74) is 0.0850. The van der Waals surface area contributed by atoms with Crippen molar-refractivity contribution in [2.45, 2.75) is 50.8 Å². The van der Waals surface area contributed by atoms with Gasteiger partial charge in [0.05, 0.1) is 5.60 Å². The fourth-order valence-corrected chi connectivity index (χ4v) is 3.54. The molecule has 3 heteroatoms. The lowest BCUT2D eigenvalue weighted by molar-refractivity contribution is -0.0638. The number of thioether (sulfide) groups is 1. The highest BCUT2D eigenvalue weighted by atomic mass is 32.2. The van der Waals surface area contributed by atoms with Crippen LogP contribution in [0, 0.1) is 0 Å². The van der Waals surface area contributed by atoms with Crippen LogP contribution in [-0.2, 0) is 4.74 Å². The zero-order valence-corrected chi connectivity index (χ0v) is 10.0. The molecular formula is C11H21NOS. The van der Waals surface area contributed by atoms with Crippen LogP contribution in [0.3, 0.4) is 0 Å². The predicted molar refractivity (Wildman–Crippen MR) is 61.9 cm³/mol. The third kappa shape index (κ3) is 2.88. The van der Waals surface area contributed by atoms with Gasteiger partial charge in [-0.05, 0) is 38.9 Å². The molecule has 0 aromatic heterocycles. The second-order valence-corrected chi connectivity index (χ2v) is 6.17. The molecule has 0 aromatic carbocycles. The Bertz CT molecular complexity index is 190. The van der Waals surface area contributed by atoms with E-state index >= 15 is 0 Å². The predicted octanol–water partition coefficient (Wildman–Crippen LogP) is 2.04. The molecule has 2 aliphatic heterocycles. The number of rotatable bonds is 2. The van der Waals surface area contributed by atoms with Crippen molar-refractivity contribution in [3.05, 3.63) is 0 Å². The molecule has 0 bridgehead atoms. The Morgan fingerprint density at radius 1 is 1.29 bits per heavy atom. The Balaban J connectivity index is 1.79. The van der Waals surface area contributed by atoms with E-state index in [1.165, 1.54) is 24.3 Å². The van der Waals surface area contributed by atoms with Gasteiger partial charge in [-0.2, -0.15) is 11.8 Å². The minimum absolute atomic E-state index is 0.0850. The van der Waals surface area contributed by atoms with Crippen LogP contribution in [0.1, 0.15) is 33.1 Å². The van der Waals surface area contributed by atoms with Crippen molar-refractivity contribution < 1.29 is 4.74 Å². The van der Waals surface area contributed by atoms with Crippen molar-refractivity contribution in [1.29, 1.82) is 0 Å². The van der Waals surface area contributed by atoms with Gasteiger partial charge in [0.1, 0.15) is 0 Å². The quantitative estimate of drug-likeness (QED) is 0.761. The number of ether oxygens (including phenoxy) is 1. The van der Waals surface area contributed by atoms with Crippen molar-refractivity contribution in [3.8, 4) is 0 Å². The smallest absolute Gasteiger partial charge is 0.0641 e. The number of hydrogen-bond donors (Lipinski definition) is 1. The van der Waals surface area contributed by atoms with Gasteiger partial charge < -0.3 is 10.1 Å². The van der Waals surface area contributed by atoms with E-state index in [4.69, 9.17) is 4.74 Å². The average Bonchev–Trinajstić information content (AvgIpc) is 2.54. The Hall–Kier alpha value is 0.270. The van der Waals surface area contributed by atoms with Gasteiger partial charge in [-0.3, -0.25) is 0 Å². The fraction of sp³-hybridized carbons (Fsp3) is 1.00. The first-order valence-electron chi connectivity index (χ1n) is 5.63. The summed E-state index contributed by atoms with van der Waals surface area (Å²) in [6.45, 7) is 5.32. The molecule has 0 radical (unpaired) electrons. The van der Waals surface area contributed by atoms with Crippen LogP contribution in [0.2, 0.25) is 0 Å². The second-order valence-electron chi connectivity index (χ2n) is 5.03. The number of nitrogens with one attached hydrogen (secondary N) is 1. The van der Waals surface area contributed by atoms with Crippen molar-refractivity contribution in [3.63, 3.8) is 0 Å². The number of hydrogen-bond acceptors (Lipinski definition) is 3. The highest BCUT2D eigenvalue weighted by molar-refractivity contribution is 7.99. The van der Waals surface area contributed by atoms with Gasteiger partial charge in [-0.25, -0.2) is 0 Å². The monoisotopic (exact) mass is 215 g/mol. The van der Waals surface area contributed by atoms with Crippen LogP contribution in [0.15, 0.2) is 0 Å². The van der Waals surface area contributed by atoms with Crippen molar-refractivity contribution in [2.75, 3.05) is 18.1 Å². The van der Waals surface area contributed by atoms with E-state index in [0.717, 1.165) is 19.1 Å². The molecule has 0 amide bonds. The standard InChI is InChI=1S/C11H21NOS/c1-11(2)7-9(3-5-13-11)12-10-4-6-14-8-10/h9-10,12H,3-8H2,1-2H3. The minimum Gasteiger partial charge on any atom is -0.375 e. The van der Waals surface area contributed by atoms with Crippen LogP contribution in [0.25, 0.3) is 0 Å². The van der Waals surface area contributed by atoms with E-state index in [1.54, 1.807) is 0 Å². The maximum atomic E-state index is 5.71. The zero-order valence-electron chi connectivity index (χ0n) is 9.21. The van der Waals surface area contributed by atoms with Gasteiger partial charge in [0.25, 0.3) is 0 Å². The topological polar surface area (TPSA) is 21.3 Å². The molecule has 0 spiro atoms. The van der Waals surface area contributed by atoms with Crippen LogP contribution in [0.4, 0.5) is 0 Å². The highest BCUT2D eigenvalue weighted by Gasteiger charge is 2.30. The summed E-state index contributed by atoms with van der Waals surface area (Å²) < 4.78 is 5.71. The third-order valence-electron chi connectivity index (χ3n) is 3.10. The highest BCUT2D eigenvalue weighted by Crippen LogP contribution is 2.26. The Kier molecular flexibility index (Phi) is 3.40. The summed E-state index contributed by atoms with van der Waals surface area (Å²) in [6, 6.07) is 1.45. The minimum atomic E-state index is 0.0850. The largest absolute Gasteiger partial charge is 0.375 e. The summed E-state index contributed by atoms with van der Waals surface area (Å²) in [5, 5.41) is 3.77. The molecule has 2 nitrogen and oxygen atoms in total. The Morgan fingerprint density at radius 3 is 2.79 bits per heavy atom. The maximum absolute atomic E-state index is 5.71. The molecular weight excluding hydrogens is 194 g/mol. The Labute approximate surface area is 91.2 Å².